The molecule has 1 rings (SSSR count). The Morgan fingerprint density at radius 1 is 1.11 bits per heavy atom. The van der Waals surface area contributed by atoms with Crippen LogP contribution in [0.5, 0.6) is 0 Å². The van der Waals surface area contributed by atoms with E-state index in [0.717, 1.165) is 0 Å². The molecule has 0 amide bonds. The van der Waals surface area contributed by atoms with E-state index in [1.165, 1.54) is 0 Å². The minimum absolute atomic E-state index is 0.0701. The first-order valence-electron chi connectivity index (χ1n) is 4.85. The van der Waals surface area contributed by atoms with Crippen LogP contribution in [0.15, 0.2) is 12.1 Å². The number of rotatable bonds is 5. The molecular weight excluding hydrogens is 330 g/mol. The summed E-state index contributed by atoms with van der Waals surface area (Å²) in [6, 6.07) is 3.16. The molecule has 0 unspecified atom stereocenters. The number of thioether (sulfide) groups is 1. The van der Waals surface area contributed by atoms with Crippen molar-refractivity contribution in [3.8, 4) is 0 Å². The first kappa shape index (κ1) is 16.2. The predicted octanol–water partition coefficient (Wildman–Crippen LogP) is 4.99. The molecular formula is C10H9Cl3F3NS. The van der Waals surface area contributed by atoms with Gasteiger partial charge in [0.1, 0.15) is 0 Å². The number of halogens is 6. The smallest absolute Gasteiger partial charge is 0.312 e. The number of nitrogens with one attached hydrogen (secondary N) is 1. The van der Waals surface area contributed by atoms with Crippen molar-refractivity contribution in [3.05, 3.63) is 32.8 Å². The Bertz CT molecular complexity index is 412. The number of alkyl halides is 3. The second kappa shape index (κ2) is 7.10. The van der Waals surface area contributed by atoms with Gasteiger partial charge in [0.05, 0.1) is 10.0 Å². The second-order valence-corrected chi connectivity index (χ2v) is 5.64. The summed E-state index contributed by atoms with van der Waals surface area (Å²) in [6.07, 6.45) is 0. The van der Waals surface area contributed by atoms with Crippen LogP contribution < -0.4 is 5.32 Å². The Kier molecular flexibility index (Phi) is 6.41. The molecule has 102 valence electrons. The average Bonchev–Trinajstić information content (AvgIpc) is 2.26. The van der Waals surface area contributed by atoms with Crippen LogP contribution in [0, 0.1) is 0 Å². The van der Waals surface area contributed by atoms with Crippen molar-refractivity contribution >= 4 is 46.6 Å². The quantitative estimate of drug-likeness (QED) is 0.599. The van der Waals surface area contributed by atoms with E-state index in [-0.39, 0.29) is 30.6 Å². The van der Waals surface area contributed by atoms with Crippen molar-refractivity contribution in [2.24, 2.45) is 0 Å². The summed E-state index contributed by atoms with van der Waals surface area (Å²) in [5.41, 5.74) is -3.62. The molecule has 1 aromatic carbocycles. The van der Waals surface area contributed by atoms with Gasteiger partial charge in [0.2, 0.25) is 0 Å². The molecule has 0 fully saturated rings. The van der Waals surface area contributed by atoms with Crippen LogP contribution in [0.1, 0.15) is 5.56 Å². The molecule has 1 nitrogen and oxygen atoms in total. The standard InChI is InChI=1S/C10H9Cl3F3NS/c11-7-1-2-8(12)9(13)6(7)5-17-3-4-18-10(14,15)16/h1-2,17H,3-5H2. The van der Waals surface area contributed by atoms with Gasteiger partial charge < -0.3 is 5.32 Å². The molecule has 0 bridgehead atoms. The van der Waals surface area contributed by atoms with Crippen LogP contribution in [-0.2, 0) is 6.54 Å². The highest BCUT2D eigenvalue weighted by molar-refractivity contribution is 8.00. The SMILES string of the molecule is FC(F)(F)SCCNCc1c(Cl)ccc(Cl)c1Cl. The normalized spacial score (nSPS) is 11.9. The van der Waals surface area contributed by atoms with Crippen LogP contribution in [-0.4, -0.2) is 17.8 Å². The Morgan fingerprint density at radius 3 is 2.33 bits per heavy atom. The molecule has 0 saturated heterocycles. The minimum atomic E-state index is -4.20. The first-order chi connectivity index (χ1) is 8.31. The van der Waals surface area contributed by atoms with Gasteiger partial charge in [0, 0.05) is 29.4 Å². The highest BCUT2D eigenvalue weighted by Gasteiger charge is 2.27. The summed E-state index contributed by atoms with van der Waals surface area (Å²) < 4.78 is 35.6. The number of benzene rings is 1. The largest absolute Gasteiger partial charge is 0.441 e. The zero-order valence-electron chi connectivity index (χ0n) is 8.95. The molecule has 0 spiro atoms. The second-order valence-electron chi connectivity index (χ2n) is 3.29. The van der Waals surface area contributed by atoms with Gasteiger partial charge in [-0.3, -0.25) is 0 Å². The van der Waals surface area contributed by atoms with Gasteiger partial charge in [-0.2, -0.15) is 13.2 Å². The van der Waals surface area contributed by atoms with Gasteiger partial charge in [-0.1, -0.05) is 34.8 Å². The van der Waals surface area contributed by atoms with Gasteiger partial charge in [-0.25, -0.2) is 0 Å². The Morgan fingerprint density at radius 2 is 1.72 bits per heavy atom. The fourth-order valence-electron chi connectivity index (χ4n) is 1.18. The molecule has 0 radical (unpaired) electrons. The van der Waals surface area contributed by atoms with Crippen LogP contribution in [0.25, 0.3) is 0 Å². The van der Waals surface area contributed by atoms with Crippen molar-refractivity contribution in [3.63, 3.8) is 0 Å². The van der Waals surface area contributed by atoms with Gasteiger partial charge >= 0.3 is 5.51 Å². The topological polar surface area (TPSA) is 12.0 Å². The number of hydrogen-bond acceptors (Lipinski definition) is 2. The third kappa shape index (κ3) is 5.45. The summed E-state index contributed by atoms with van der Waals surface area (Å²) in [6.45, 7) is 0.472. The Balaban J connectivity index is 2.43. The molecule has 8 heteroatoms. The van der Waals surface area contributed by atoms with Gasteiger partial charge in [-0.05, 0) is 23.9 Å². The molecule has 0 aliphatic carbocycles. The highest BCUT2D eigenvalue weighted by atomic mass is 35.5. The average molecular weight is 339 g/mol. The zero-order chi connectivity index (χ0) is 13.8. The highest BCUT2D eigenvalue weighted by Crippen LogP contribution is 2.31. The fourth-order valence-corrected chi connectivity index (χ4v) is 2.34. The van der Waals surface area contributed by atoms with E-state index in [9.17, 15) is 13.2 Å². The lowest BCUT2D eigenvalue weighted by Gasteiger charge is -2.10. The molecule has 1 aromatic rings. The molecule has 1 N–H and O–H groups in total. The van der Waals surface area contributed by atoms with Gasteiger partial charge in [-0.15, -0.1) is 0 Å². The van der Waals surface area contributed by atoms with Gasteiger partial charge in [0.25, 0.3) is 0 Å². The molecule has 0 aliphatic rings. The molecule has 0 aliphatic heterocycles. The van der Waals surface area contributed by atoms with Crippen molar-refractivity contribution in [1.82, 2.24) is 5.32 Å². The summed E-state index contributed by atoms with van der Waals surface area (Å²) in [5.74, 6) is -0.0701. The molecule has 0 heterocycles. The van der Waals surface area contributed by atoms with Crippen LogP contribution >= 0.6 is 46.6 Å². The fraction of sp³-hybridized carbons (Fsp3) is 0.400. The Labute approximate surface area is 122 Å². The summed E-state index contributed by atoms with van der Waals surface area (Å²) in [4.78, 5) is 0. The molecule has 18 heavy (non-hydrogen) atoms. The minimum Gasteiger partial charge on any atom is -0.312 e. The maximum absolute atomic E-state index is 11.9. The lowest BCUT2D eigenvalue weighted by atomic mass is 10.2. The summed E-state index contributed by atoms with van der Waals surface area (Å²) in [7, 11) is 0. The van der Waals surface area contributed by atoms with Gasteiger partial charge in [0.15, 0.2) is 0 Å². The zero-order valence-corrected chi connectivity index (χ0v) is 12.0. The van der Waals surface area contributed by atoms with Crippen LogP contribution in [0.4, 0.5) is 13.2 Å². The molecule has 0 saturated carbocycles. The van der Waals surface area contributed by atoms with Crippen molar-refractivity contribution in [1.29, 1.82) is 0 Å². The maximum atomic E-state index is 11.9. The van der Waals surface area contributed by atoms with Crippen molar-refractivity contribution in [2.45, 2.75) is 12.1 Å². The predicted molar refractivity (Wildman–Crippen MR) is 71.7 cm³/mol. The van der Waals surface area contributed by atoms with E-state index in [1.54, 1.807) is 12.1 Å². The van der Waals surface area contributed by atoms with E-state index in [2.05, 4.69) is 5.32 Å². The van der Waals surface area contributed by atoms with Crippen LogP contribution in [0.2, 0.25) is 15.1 Å². The lowest BCUT2D eigenvalue weighted by Crippen LogP contribution is -2.18. The van der Waals surface area contributed by atoms with E-state index in [4.69, 9.17) is 34.8 Å². The van der Waals surface area contributed by atoms with Crippen molar-refractivity contribution < 1.29 is 13.2 Å². The molecule has 0 atom stereocenters. The molecule has 0 aromatic heterocycles. The van der Waals surface area contributed by atoms with E-state index in [0.29, 0.717) is 20.6 Å². The first-order valence-corrected chi connectivity index (χ1v) is 6.97. The maximum Gasteiger partial charge on any atom is 0.441 e. The Hall–Kier alpha value is 0.190. The lowest BCUT2D eigenvalue weighted by molar-refractivity contribution is -0.0327. The van der Waals surface area contributed by atoms with E-state index < -0.39 is 5.51 Å². The number of hydrogen-bond donors (Lipinski definition) is 1. The monoisotopic (exact) mass is 337 g/mol. The third-order valence-corrected chi connectivity index (χ3v) is 3.92. The third-order valence-electron chi connectivity index (χ3n) is 1.99. The summed E-state index contributed by atoms with van der Waals surface area (Å²) >= 11 is 17.6. The van der Waals surface area contributed by atoms with Crippen LogP contribution in [0.3, 0.4) is 0 Å². The van der Waals surface area contributed by atoms with E-state index >= 15 is 0 Å². The summed E-state index contributed by atoms with van der Waals surface area (Å²) in [5, 5.41) is 3.95. The van der Waals surface area contributed by atoms with Crippen molar-refractivity contribution in [2.75, 3.05) is 12.3 Å². The van der Waals surface area contributed by atoms with E-state index in [1.807, 2.05) is 0 Å².